The molecule has 1 fully saturated rings. The number of aliphatic hydroxyl groups is 1. The van der Waals surface area contributed by atoms with Crippen molar-refractivity contribution in [2.45, 2.75) is 19.3 Å². The van der Waals surface area contributed by atoms with Crippen molar-refractivity contribution in [3.63, 3.8) is 0 Å². The number of benzene rings is 1. The van der Waals surface area contributed by atoms with Gasteiger partial charge in [0, 0.05) is 30.3 Å². The minimum Gasteiger partial charge on any atom is -0.477 e. The lowest BCUT2D eigenvalue weighted by molar-refractivity contribution is 0.0698. The number of aromatic nitrogens is 1. The van der Waals surface area contributed by atoms with Crippen molar-refractivity contribution < 1.29 is 19.5 Å². The largest absolute Gasteiger partial charge is 0.477 e. The van der Waals surface area contributed by atoms with E-state index >= 15 is 0 Å². The molecule has 0 amide bonds. The van der Waals surface area contributed by atoms with Gasteiger partial charge in [0.1, 0.15) is 0 Å². The summed E-state index contributed by atoms with van der Waals surface area (Å²) in [4.78, 5) is 14.0. The number of carbonyl (C=O) groups is 1. The van der Waals surface area contributed by atoms with Crippen LogP contribution in [-0.4, -0.2) is 59.0 Å². The highest BCUT2D eigenvalue weighted by molar-refractivity contribution is 6.30. The van der Waals surface area contributed by atoms with Crippen LogP contribution in [0, 0.1) is 5.92 Å². The fraction of sp³-hybridized carbons (Fsp3) is 0.474. The molecule has 3 N–H and O–H groups in total. The highest BCUT2D eigenvalue weighted by Gasteiger charge is 2.24. The molecule has 27 heavy (non-hydrogen) atoms. The van der Waals surface area contributed by atoms with E-state index in [1.807, 2.05) is 0 Å². The minimum atomic E-state index is -1.09. The Morgan fingerprint density at radius 1 is 1.37 bits per heavy atom. The number of carboxylic acid groups (broad SMARTS) is 1. The molecule has 0 spiro atoms. The fourth-order valence-electron chi connectivity index (χ4n) is 3.42. The average molecular weight is 394 g/mol. The number of anilines is 1. The Balaban J connectivity index is 1.59. The molecule has 0 bridgehead atoms. The number of halogens is 1. The second kappa shape index (κ2) is 9.21. The molecule has 3 rings (SSSR count). The summed E-state index contributed by atoms with van der Waals surface area (Å²) < 4.78 is 5.28. The van der Waals surface area contributed by atoms with Crippen molar-refractivity contribution >= 4 is 23.4 Å². The zero-order valence-electron chi connectivity index (χ0n) is 15.0. The molecule has 0 saturated carbocycles. The maximum absolute atomic E-state index is 11.7. The van der Waals surface area contributed by atoms with Crippen LogP contribution in [0.2, 0.25) is 5.02 Å². The fourth-order valence-corrected chi connectivity index (χ4v) is 3.55. The molecule has 1 saturated heterocycles. The quantitative estimate of drug-likeness (QED) is 0.592. The van der Waals surface area contributed by atoms with Gasteiger partial charge in [0.05, 0.1) is 0 Å². The summed E-state index contributed by atoms with van der Waals surface area (Å²) in [6.07, 6.45) is 3.04. The van der Waals surface area contributed by atoms with Gasteiger partial charge in [-0.2, -0.15) is 0 Å². The van der Waals surface area contributed by atoms with Gasteiger partial charge in [0.2, 0.25) is 0 Å². The van der Waals surface area contributed by atoms with Crippen molar-refractivity contribution in [1.29, 1.82) is 0 Å². The van der Waals surface area contributed by atoms with Crippen LogP contribution in [0.5, 0.6) is 0 Å². The third-order valence-corrected chi connectivity index (χ3v) is 5.07. The summed E-state index contributed by atoms with van der Waals surface area (Å²) in [6.45, 7) is 3.69. The molecular weight excluding hydrogens is 370 g/mol. The Morgan fingerprint density at radius 3 is 2.85 bits per heavy atom. The lowest BCUT2D eigenvalue weighted by Gasteiger charge is -2.31. The molecule has 7 nitrogen and oxygen atoms in total. The molecule has 1 aliphatic heterocycles. The topological polar surface area (TPSA) is 98.8 Å². The maximum Gasteiger partial charge on any atom is 0.343 e. The van der Waals surface area contributed by atoms with Crippen molar-refractivity contribution in [2.24, 2.45) is 5.92 Å². The number of hydrogen-bond donors (Lipinski definition) is 3. The lowest BCUT2D eigenvalue weighted by atomic mass is 9.99. The number of piperidine rings is 1. The van der Waals surface area contributed by atoms with E-state index in [0.717, 1.165) is 38.9 Å². The van der Waals surface area contributed by atoms with E-state index in [1.165, 1.54) is 0 Å². The van der Waals surface area contributed by atoms with Crippen LogP contribution in [-0.2, 0) is 0 Å². The van der Waals surface area contributed by atoms with Gasteiger partial charge in [-0.15, -0.1) is 0 Å². The first-order valence-corrected chi connectivity index (χ1v) is 9.52. The van der Waals surface area contributed by atoms with E-state index in [9.17, 15) is 15.0 Å². The number of aliphatic hydroxyl groups excluding tert-OH is 1. The van der Waals surface area contributed by atoms with Gasteiger partial charge in [0.15, 0.2) is 17.1 Å². The number of hydrogen-bond acceptors (Lipinski definition) is 6. The van der Waals surface area contributed by atoms with Crippen molar-refractivity contribution in [3.05, 3.63) is 34.9 Å². The Morgan fingerprint density at radius 2 is 2.15 bits per heavy atom. The van der Waals surface area contributed by atoms with Crippen molar-refractivity contribution in [1.82, 2.24) is 10.1 Å². The molecule has 1 aromatic heterocycles. The van der Waals surface area contributed by atoms with Crippen LogP contribution in [0.4, 0.5) is 5.82 Å². The summed E-state index contributed by atoms with van der Waals surface area (Å²) in [6, 6.07) is 6.76. The van der Waals surface area contributed by atoms with E-state index in [0.29, 0.717) is 23.0 Å². The molecule has 0 radical (unpaired) electrons. The van der Waals surface area contributed by atoms with Crippen LogP contribution >= 0.6 is 11.6 Å². The molecule has 1 aromatic carbocycles. The predicted molar refractivity (Wildman–Crippen MR) is 103 cm³/mol. The third-order valence-electron chi connectivity index (χ3n) is 4.82. The zero-order valence-corrected chi connectivity index (χ0v) is 15.8. The van der Waals surface area contributed by atoms with E-state index < -0.39 is 5.97 Å². The summed E-state index contributed by atoms with van der Waals surface area (Å²) in [5.74, 6) is -0.281. The molecule has 1 unspecified atom stereocenters. The molecule has 0 aliphatic carbocycles. The highest BCUT2D eigenvalue weighted by atomic mass is 35.5. The van der Waals surface area contributed by atoms with E-state index in [2.05, 4.69) is 15.4 Å². The van der Waals surface area contributed by atoms with Gasteiger partial charge in [-0.25, -0.2) is 4.79 Å². The van der Waals surface area contributed by atoms with Crippen LogP contribution in [0.15, 0.2) is 28.8 Å². The predicted octanol–water partition coefficient (Wildman–Crippen LogP) is 3.20. The first-order valence-electron chi connectivity index (χ1n) is 9.14. The zero-order chi connectivity index (χ0) is 19.2. The van der Waals surface area contributed by atoms with Gasteiger partial charge in [-0.1, -0.05) is 16.8 Å². The Labute approximate surface area is 162 Å². The van der Waals surface area contributed by atoms with Gasteiger partial charge in [-0.3, -0.25) is 0 Å². The molecule has 8 heteroatoms. The second-order valence-corrected chi connectivity index (χ2v) is 7.26. The minimum absolute atomic E-state index is 0.0237. The Bertz CT molecular complexity index is 763. The van der Waals surface area contributed by atoms with E-state index in [-0.39, 0.29) is 23.7 Å². The Kier molecular flexibility index (Phi) is 6.71. The number of rotatable bonds is 8. The third kappa shape index (κ3) is 5.00. The molecule has 2 aromatic rings. The number of carboxylic acids is 1. The molecule has 146 valence electrons. The SMILES string of the molecule is O=C(O)c1c(NCCCN2CCCC(CO)C2)noc1-c1ccc(Cl)cc1. The van der Waals surface area contributed by atoms with E-state index in [4.69, 9.17) is 16.1 Å². The number of aromatic carboxylic acids is 1. The second-order valence-electron chi connectivity index (χ2n) is 6.82. The monoisotopic (exact) mass is 393 g/mol. The summed E-state index contributed by atoms with van der Waals surface area (Å²) >= 11 is 5.88. The van der Waals surface area contributed by atoms with Gasteiger partial charge >= 0.3 is 5.97 Å². The summed E-state index contributed by atoms with van der Waals surface area (Å²) in [7, 11) is 0. The number of nitrogens with one attached hydrogen (secondary N) is 1. The maximum atomic E-state index is 11.7. The summed E-state index contributed by atoms with van der Waals surface area (Å²) in [5, 5.41) is 26.4. The van der Waals surface area contributed by atoms with Crippen LogP contribution < -0.4 is 5.32 Å². The van der Waals surface area contributed by atoms with Crippen molar-refractivity contribution in [3.8, 4) is 11.3 Å². The van der Waals surface area contributed by atoms with Crippen LogP contribution in [0.3, 0.4) is 0 Å². The number of likely N-dealkylation sites (tertiary alicyclic amines) is 1. The normalized spacial score (nSPS) is 17.8. The van der Waals surface area contributed by atoms with Crippen molar-refractivity contribution in [2.75, 3.05) is 38.1 Å². The van der Waals surface area contributed by atoms with Gasteiger partial charge < -0.3 is 25.0 Å². The molecular formula is C19H24ClN3O4. The number of nitrogens with zero attached hydrogens (tertiary/aromatic N) is 2. The Hall–Kier alpha value is -2.09. The standard InChI is InChI=1S/C19H24ClN3O4/c20-15-6-4-14(5-7-15)17-16(19(25)26)18(22-27-17)21-8-2-10-23-9-1-3-13(11-23)12-24/h4-7,13,24H,1-3,8-12H2,(H,21,22)(H,25,26). The molecule has 1 atom stereocenters. The molecule has 2 heterocycles. The first-order chi connectivity index (χ1) is 13.1. The van der Waals surface area contributed by atoms with Gasteiger partial charge in [0.25, 0.3) is 0 Å². The molecule has 1 aliphatic rings. The van der Waals surface area contributed by atoms with Crippen LogP contribution in [0.25, 0.3) is 11.3 Å². The van der Waals surface area contributed by atoms with Gasteiger partial charge in [-0.05, 0) is 62.5 Å². The average Bonchev–Trinajstić information content (AvgIpc) is 3.10. The van der Waals surface area contributed by atoms with Crippen LogP contribution in [0.1, 0.15) is 29.6 Å². The smallest absolute Gasteiger partial charge is 0.343 e. The lowest BCUT2D eigenvalue weighted by Crippen LogP contribution is -2.37. The first kappa shape index (κ1) is 19.7. The van der Waals surface area contributed by atoms with E-state index in [1.54, 1.807) is 24.3 Å². The summed E-state index contributed by atoms with van der Waals surface area (Å²) in [5.41, 5.74) is 0.636. The highest BCUT2D eigenvalue weighted by Crippen LogP contribution is 2.30.